The van der Waals surface area contributed by atoms with Crippen LogP contribution in [-0.2, 0) is 0 Å². The highest BCUT2D eigenvalue weighted by Gasteiger charge is 2.59. The molecular weight excluding hydrogens is 312 g/mol. The van der Waals surface area contributed by atoms with Gasteiger partial charge in [0.25, 0.3) is 11.8 Å². The molecule has 6 nitrogen and oxygen atoms in total. The zero-order valence-electron chi connectivity index (χ0n) is 10.1. The summed E-state index contributed by atoms with van der Waals surface area (Å²) in [4.78, 5) is 12.8. The van der Waals surface area contributed by atoms with Crippen molar-refractivity contribution in [1.82, 2.24) is 4.98 Å². The first-order valence-electron chi connectivity index (χ1n) is 5.09. The highest BCUT2D eigenvalue weighted by atomic mass is 19.4. The van der Waals surface area contributed by atoms with Crippen LogP contribution in [0.15, 0.2) is 12.1 Å². The third-order valence-electron chi connectivity index (χ3n) is 2.09. The Kier molecular flexibility index (Phi) is 4.49. The smallest absolute Gasteiger partial charge is 0.434 e. The van der Waals surface area contributed by atoms with Crippen LogP contribution in [0, 0.1) is 10.1 Å². The Morgan fingerprint density at radius 2 is 1.76 bits per heavy atom. The van der Waals surface area contributed by atoms with E-state index in [-0.39, 0.29) is 5.82 Å². The van der Waals surface area contributed by atoms with Crippen LogP contribution in [0.4, 0.5) is 37.8 Å². The van der Waals surface area contributed by atoms with E-state index in [1.54, 1.807) is 0 Å². The van der Waals surface area contributed by atoms with Crippen molar-refractivity contribution >= 4 is 11.5 Å². The van der Waals surface area contributed by atoms with E-state index in [1.165, 1.54) is 7.05 Å². The zero-order valence-corrected chi connectivity index (χ0v) is 10.1. The normalized spacial score (nSPS) is 12.4. The summed E-state index contributed by atoms with van der Waals surface area (Å²) in [5.74, 6) is -1.49. The lowest BCUT2D eigenvalue weighted by Gasteiger charge is -2.23. The minimum atomic E-state index is -5.75. The summed E-state index contributed by atoms with van der Waals surface area (Å²) in [6, 6.07) is 1.19. The molecule has 0 bridgehead atoms. The topological polar surface area (TPSA) is 77.3 Å². The number of hydrogen-bond acceptors (Lipinski definition) is 5. The largest absolute Gasteiger partial charge is 0.454 e. The third kappa shape index (κ3) is 4.36. The number of nitrogens with one attached hydrogen (secondary N) is 1. The van der Waals surface area contributed by atoms with Crippen LogP contribution in [0.3, 0.4) is 0 Å². The molecular formula is C9H7F6N3O3. The van der Waals surface area contributed by atoms with E-state index < -0.39 is 34.9 Å². The summed E-state index contributed by atoms with van der Waals surface area (Å²) in [5, 5.41) is 12.8. The fraction of sp³-hybridized carbons (Fsp3) is 0.444. The van der Waals surface area contributed by atoms with Gasteiger partial charge in [0.1, 0.15) is 5.82 Å². The number of nitro groups is 1. The van der Waals surface area contributed by atoms with Gasteiger partial charge in [-0.15, -0.1) is 0 Å². The quantitative estimate of drug-likeness (QED) is 0.524. The van der Waals surface area contributed by atoms with Crippen molar-refractivity contribution in [3.8, 4) is 5.88 Å². The Bertz CT molecular complexity index is 516. The van der Waals surface area contributed by atoms with E-state index in [2.05, 4.69) is 15.0 Å². The van der Waals surface area contributed by atoms with Gasteiger partial charge in [-0.3, -0.25) is 10.1 Å². The number of nitrogens with zero attached hydrogens (tertiary/aromatic N) is 2. The molecule has 0 saturated carbocycles. The first-order valence-corrected chi connectivity index (χ1v) is 5.09. The van der Waals surface area contributed by atoms with Crippen molar-refractivity contribution in [2.24, 2.45) is 0 Å². The lowest BCUT2D eigenvalue weighted by molar-refractivity contribution is -0.385. The molecule has 1 aromatic rings. The van der Waals surface area contributed by atoms with Crippen molar-refractivity contribution in [2.75, 3.05) is 12.4 Å². The molecule has 1 rings (SSSR count). The van der Waals surface area contributed by atoms with Crippen LogP contribution in [0.2, 0.25) is 0 Å². The molecule has 1 heterocycles. The molecule has 0 aliphatic heterocycles. The van der Waals surface area contributed by atoms with Crippen LogP contribution < -0.4 is 10.1 Å². The molecule has 0 aromatic carbocycles. The van der Waals surface area contributed by atoms with Gasteiger partial charge in [-0.25, -0.2) is 0 Å². The van der Waals surface area contributed by atoms with Crippen molar-refractivity contribution in [2.45, 2.75) is 18.5 Å². The number of halogens is 6. The summed E-state index contributed by atoms with van der Waals surface area (Å²) in [5.41, 5.74) is -0.771. The van der Waals surface area contributed by atoms with Gasteiger partial charge in [0.05, 0.1) is 17.1 Å². The number of ether oxygens (including phenoxy) is 1. The molecule has 0 radical (unpaired) electrons. The van der Waals surface area contributed by atoms with Gasteiger partial charge in [-0.05, 0) is 0 Å². The minimum absolute atomic E-state index is 0.317. The predicted octanol–water partition coefficient (Wildman–Crippen LogP) is 2.90. The average Bonchev–Trinajstić information content (AvgIpc) is 2.32. The van der Waals surface area contributed by atoms with Crippen LogP contribution in [0.1, 0.15) is 0 Å². The van der Waals surface area contributed by atoms with Gasteiger partial charge < -0.3 is 10.1 Å². The molecule has 12 heteroatoms. The molecule has 0 unspecified atom stereocenters. The van der Waals surface area contributed by atoms with Crippen LogP contribution in [0.5, 0.6) is 5.88 Å². The molecule has 0 amide bonds. The molecule has 0 aliphatic rings. The van der Waals surface area contributed by atoms with E-state index in [0.717, 1.165) is 6.07 Å². The van der Waals surface area contributed by atoms with Crippen molar-refractivity contribution in [3.05, 3.63) is 22.2 Å². The van der Waals surface area contributed by atoms with E-state index in [0.29, 0.717) is 6.07 Å². The molecule has 0 atom stereocenters. The number of anilines is 1. The van der Waals surface area contributed by atoms with Gasteiger partial charge in [0, 0.05) is 7.05 Å². The van der Waals surface area contributed by atoms with E-state index >= 15 is 0 Å². The Morgan fingerprint density at radius 1 is 1.24 bits per heavy atom. The number of hydrogen-bond donors (Lipinski definition) is 1. The van der Waals surface area contributed by atoms with Gasteiger partial charge in [-0.1, -0.05) is 0 Å². The Morgan fingerprint density at radius 3 is 2.14 bits per heavy atom. The number of rotatable bonds is 4. The lowest BCUT2D eigenvalue weighted by Crippen LogP contribution is -2.46. The monoisotopic (exact) mass is 319 g/mol. The molecule has 0 spiro atoms. The van der Waals surface area contributed by atoms with Gasteiger partial charge in [0.2, 0.25) is 5.88 Å². The summed E-state index contributed by atoms with van der Waals surface area (Å²) in [6.07, 6.45) is -15.6. The predicted molar refractivity (Wildman–Crippen MR) is 57.0 cm³/mol. The second kappa shape index (κ2) is 5.61. The molecule has 1 aromatic heterocycles. The molecule has 0 aliphatic carbocycles. The average molecular weight is 319 g/mol. The highest BCUT2D eigenvalue weighted by molar-refractivity contribution is 5.47. The van der Waals surface area contributed by atoms with Gasteiger partial charge >= 0.3 is 12.4 Å². The second-order valence-corrected chi connectivity index (χ2v) is 3.64. The number of alkyl halides is 6. The summed E-state index contributed by atoms with van der Waals surface area (Å²) in [7, 11) is 1.22. The van der Waals surface area contributed by atoms with Crippen molar-refractivity contribution < 1.29 is 36.0 Å². The van der Waals surface area contributed by atoms with Crippen molar-refractivity contribution in [3.63, 3.8) is 0 Å². The van der Waals surface area contributed by atoms with E-state index in [4.69, 9.17) is 0 Å². The number of aromatic nitrogens is 1. The Balaban J connectivity index is 3.21. The lowest BCUT2D eigenvalue weighted by atomic mass is 10.3. The zero-order chi connectivity index (χ0) is 16.4. The summed E-state index contributed by atoms with van der Waals surface area (Å²) < 4.78 is 77.7. The maximum atomic E-state index is 12.3. The molecule has 21 heavy (non-hydrogen) atoms. The van der Waals surface area contributed by atoms with Crippen LogP contribution >= 0.6 is 0 Å². The first kappa shape index (κ1) is 16.8. The maximum absolute atomic E-state index is 12.3. The van der Waals surface area contributed by atoms with E-state index in [1.807, 2.05) is 0 Å². The van der Waals surface area contributed by atoms with Crippen LogP contribution in [-0.4, -0.2) is 35.4 Å². The fourth-order valence-electron chi connectivity index (χ4n) is 1.23. The molecule has 1 N–H and O–H groups in total. The maximum Gasteiger partial charge on any atom is 0.434 e. The molecule has 118 valence electrons. The van der Waals surface area contributed by atoms with E-state index in [9.17, 15) is 36.5 Å². The summed E-state index contributed by atoms with van der Waals surface area (Å²) >= 11 is 0. The van der Waals surface area contributed by atoms with Gasteiger partial charge in [0.15, 0.2) is 0 Å². The van der Waals surface area contributed by atoms with Crippen LogP contribution in [0.25, 0.3) is 0 Å². The Labute approximate surface area is 112 Å². The molecule has 0 fully saturated rings. The minimum Gasteiger partial charge on any atom is -0.454 e. The van der Waals surface area contributed by atoms with Crippen molar-refractivity contribution in [1.29, 1.82) is 0 Å². The summed E-state index contributed by atoms with van der Waals surface area (Å²) in [6.45, 7) is 0. The van der Waals surface area contributed by atoms with Gasteiger partial charge in [-0.2, -0.15) is 31.3 Å². The first-order chi connectivity index (χ1) is 9.45. The third-order valence-corrected chi connectivity index (χ3v) is 2.09. The standard InChI is InChI=1S/C9H7F6N3O3/c1-16-5-2-4(18(19)20)3-6(17-5)21-7(8(10,11)12)9(13,14)15/h2-3,7H,1H3,(H,16,17). The highest BCUT2D eigenvalue weighted by Crippen LogP contribution is 2.36. The Hall–Kier alpha value is -2.27. The molecule has 0 saturated heterocycles. The SMILES string of the molecule is CNc1cc([N+](=O)[O-])cc(OC(C(F)(F)F)C(F)(F)F)n1. The second-order valence-electron chi connectivity index (χ2n) is 3.64. The fourth-order valence-corrected chi connectivity index (χ4v) is 1.23. The number of pyridine rings is 1.